The van der Waals surface area contributed by atoms with Crippen molar-refractivity contribution in [1.82, 2.24) is 4.98 Å². The maximum absolute atomic E-state index is 12.1. The zero-order valence-corrected chi connectivity index (χ0v) is 10.2. The molecule has 100 valence electrons. The quantitative estimate of drug-likeness (QED) is 0.892. The Morgan fingerprint density at radius 2 is 2.11 bits per heavy atom. The zero-order valence-electron chi connectivity index (χ0n) is 9.36. The lowest BCUT2D eigenvalue weighted by Gasteiger charge is -2.08. The van der Waals surface area contributed by atoms with E-state index in [2.05, 4.69) is 4.98 Å². The average molecular weight is 287 g/mol. The van der Waals surface area contributed by atoms with Crippen molar-refractivity contribution in [2.45, 2.75) is 6.18 Å². The van der Waals surface area contributed by atoms with Crippen molar-refractivity contribution < 1.29 is 18.0 Å². The highest BCUT2D eigenvalue weighted by Crippen LogP contribution is 2.26. The molecule has 0 bridgehead atoms. The molecule has 0 saturated carbocycles. The number of rotatable bonds is 2. The molecule has 0 fully saturated rings. The summed E-state index contributed by atoms with van der Waals surface area (Å²) in [6.45, 7) is 0. The number of anilines is 2. The van der Waals surface area contributed by atoms with E-state index in [0.29, 0.717) is 16.4 Å². The van der Waals surface area contributed by atoms with Crippen molar-refractivity contribution in [3.8, 4) is 11.3 Å². The largest absolute Gasteiger partial charge is 0.471 e. The summed E-state index contributed by atoms with van der Waals surface area (Å²) in [5.74, 6) is -2.01. The monoisotopic (exact) mass is 287 g/mol. The van der Waals surface area contributed by atoms with Gasteiger partial charge in [0, 0.05) is 16.6 Å². The SMILES string of the molecule is Nc1nc(-c2cccc(NC(=O)C(F)(F)F)c2)cs1. The first-order chi connectivity index (χ1) is 8.86. The van der Waals surface area contributed by atoms with E-state index >= 15 is 0 Å². The van der Waals surface area contributed by atoms with Crippen LogP contribution >= 0.6 is 11.3 Å². The fraction of sp³-hybridized carbons (Fsp3) is 0.0909. The average Bonchev–Trinajstić information content (AvgIpc) is 2.75. The third-order valence-electron chi connectivity index (χ3n) is 2.20. The predicted octanol–water partition coefficient (Wildman–Crippen LogP) is 2.89. The van der Waals surface area contributed by atoms with Crippen LogP contribution in [0.3, 0.4) is 0 Å². The summed E-state index contributed by atoms with van der Waals surface area (Å²) in [4.78, 5) is 14.8. The van der Waals surface area contributed by atoms with Gasteiger partial charge in [-0.05, 0) is 12.1 Å². The van der Waals surface area contributed by atoms with Crippen LogP contribution in [0, 0.1) is 0 Å². The van der Waals surface area contributed by atoms with Gasteiger partial charge in [0.15, 0.2) is 5.13 Å². The molecule has 0 unspecified atom stereocenters. The van der Waals surface area contributed by atoms with Crippen LogP contribution in [-0.4, -0.2) is 17.1 Å². The van der Waals surface area contributed by atoms with E-state index in [-0.39, 0.29) is 5.69 Å². The molecule has 0 radical (unpaired) electrons. The van der Waals surface area contributed by atoms with Crippen molar-refractivity contribution >= 4 is 28.1 Å². The number of alkyl halides is 3. The molecular formula is C11H8F3N3OS. The Hall–Kier alpha value is -2.09. The standard InChI is InChI=1S/C11H8F3N3OS/c12-11(13,14)9(18)16-7-3-1-2-6(4-7)8-5-19-10(15)17-8/h1-5H,(H2,15,17)(H,16,18). The number of nitrogens with zero attached hydrogens (tertiary/aromatic N) is 1. The lowest BCUT2D eigenvalue weighted by Crippen LogP contribution is -2.29. The summed E-state index contributed by atoms with van der Waals surface area (Å²) in [5, 5.41) is 3.82. The van der Waals surface area contributed by atoms with Gasteiger partial charge in [0.1, 0.15) is 0 Å². The van der Waals surface area contributed by atoms with E-state index in [1.807, 2.05) is 0 Å². The van der Waals surface area contributed by atoms with Crippen molar-refractivity contribution in [3.05, 3.63) is 29.6 Å². The van der Waals surface area contributed by atoms with E-state index in [1.54, 1.807) is 16.8 Å². The van der Waals surface area contributed by atoms with Gasteiger partial charge in [0.2, 0.25) is 0 Å². The number of nitrogens with one attached hydrogen (secondary N) is 1. The first-order valence-electron chi connectivity index (χ1n) is 5.06. The Kier molecular flexibility index (Phi) is 3.43. The number of halogens is 3. The van der Waals surface area contributed by atoms with E-state index in [0.717, 1.165) is 0 Å². The molecule has 0 aliphatic carbocycles. The first-order valence-corrected chi connectivity index (χ1v) is 5.94. The highest BCUT2D eigenvalue weighted by atomic mass is 32.1. The summed E-state index contributed by atoms with van der Waals surface area (Å²) in [7, 11) is 0. The number of hydrogen-bond acceptors (Lipinski definition) is 4. The Morgan fingerprint density at radius 1 is 1.37 bits per heavy atom. The lowest BCUT2D eigenvalue weighted by atomic mass is 10.1. The van der Waals surface area contributed by atoms with Gasteiger partial charge in [-0.15, -0.1) is 11.3 Å². The molecule has 1 amide bonds. The molecule has 8 heteroatoms. The molecule has 0 aliphatic rings. The Balaban J connectivity index is 2.23. The third kappa shape index (κ3) is 3.22. The minimum absolute atomic E-state index is 0.0476. The van der Waals surface area contributed by atoms with Crippen LogP contribution in [-0.2, 0) is 4.79 Å². The van der Waals surface area contributed by atoms with Crippen molar-refractivity contribution in [3.63, 3.8) is 0 Å². The number of benzene rings is 1. The second-order valence-electron chi connectivity index (χ2n) is 3.60. The van der Waals surface area contributed by atoms with Crippen molar-refractivity contribution in [2.75, 3.05) is 11.1 Å². The molecule has 1 heterocycles. The number of carbonyl (C=O) groups is 1. The van der Waals surface area contributed by atoms with Crippen molar-refractivity contribution in [2.24, 2.45) is 0 Å². The van der Waals surface area contributed by atoms with Gasteiger partial charge in [-0.1, -0.05) is 12.1 Å². The van der Waals surface area contributed by atoms with E-state index in [4.69, 9.17) is 5.73 Å². The van der Waals surface area contributed by atoms with Crippen molar-refractivity contribution in [1.29, 1.82) is 0 Å². The van der Waals surface area contributed by atoms with Gasteiger partial charge in [0.25, 0.3) is 0 Å². The van der Waals surface area contributed by atoms with Gasteiger partial charge >= 0.3 is 12.1 Å². The zero-order chi connectivity index (χ0) is 14.0. The van der Waals surface area contributed by atoms with Crippen LogP contribution in [0.15, 0.2) is 29.6 Å². The molecule has 0 aliphatic heterocycles. The Labute approximate surface area is 110 Å². The topological polar surface area (TPSA) is 68.0 Å². The van der Waals surface area contributed by atoms with Crippen LogP contribution in [0.2, 0.25) is 0 Å². The van der Waals surface area contributed by atoms with Gasteiger partial charge in [-0.2, -0.15) is 13.2 Å². The minimum Gasteiger partial charge on any atom is -0.375 e. The third-order valence-corrected chi connectivity index (χ3v) is 2.87. The molecule has 19 heavy (non-hydrogen) atoms. The Morgan fingerprint density at radius 3 is 2.68 bits per heavy atom. The fourth-order valence-corrected chi connectivity index (χ4v) is 1.95. The molecule has 4 nitrogen and oxygen atoms in total. The predicted molar refractivity (Wildman–Crippen MR) is 66.6 cm³/mol. The normalized spacial score (nSPS) is 11.3. The fourth-order valence-electron chi connectivity index (χ4n) is 1.38. The highest BCUT2D eigenvalue weighted by molar-refractivity contribution is 7.13. The van der Waals surface area contributed by atoms with Crippen LogP contribution in [0.25, 0.3) is 11.3 Å². The summed E-state index contributed by atoms with van der Waals surface area (Å²) < 4.78 is 36.4. The molecule has 2 rings (SSSR count). The maximum Gasteiger partial charge on any atom is 0.471 e. The second kappa shape index (κ2) is 4.88. The number of thiazole rings is 1. The molecule has 0 spiro atoms. The number of amides is 1. The van der Waals surface area contributed by atoms with Gasteiger partial charge in [-0.3, -0.25) is 4.79 Å². The first kappa shape index (κ1) is 13.3. The van der Waals surface area contributed by atoms with Crippen LogP contribution in [0.5, 0.6) is 0 Å². The molecule has 2 aromatic rings. The Bertz CT molecular complexity index is 609. The summed E-state index contributed by atoms with van der Waals surface area (Å²) in [6.07, 6.45) is -4.92. The van der Waals surface area contributed by atoms with Gasteiger partial charge in [-0.25, -0.2) is 4.98 Å². The minimum atomic E-state index is -4.92. The molecular weight excluding hydrogens is 279 g/mol. The van der Waals surface area contributed by atoms with Crippen LogP contribution in [0.1, 0.15) is 0 Å². The molecule has 0 saturated heterocycles. The molecule has 1 aromatic heterocycles. The smallest absolute Gasteiger partial charge is 0.375 e. The van der Waals surface area contributed by atoms with E-state index < -0.39 is 12.1 Å². The summed E-state index contributed by atoms with van der Waals surface area (Å²) in [6, 6.07) is 5.95. The number of carbonyl (C=O) groups excluding carboxylic acids is 1. The van der Waals surface area contributed by atoms with E-state index in [1.165, 1.54) is 29.5 Å². The second-order valence-corrected chi connectivity index (χ2v) is 4.49. The van der Waals surface area contributed by atoms with E-state index in [9.17, 15) is 18.0 Å². The van der Waals surface area contributed by atoms with Crippen LogP contribution < -0.4 is 11.1 Å². The lowest BCUT2D eigenvalue weighted by molar-refractivity contribution is -0.167. The molecule has 0 atom stereocenters. The number of aromatic nitrogens is 1. The van der Waals surface area contributed by atoms with Crippen LogP contribution in [0.4, 0.5) is 24.0 Å². The number of nitrogens with two attached hydrogens (primary N) is 1. The summed E-state index contributed by atoms with van der Waals surface area (Å²) in [5.41, 5.74) is 6.65. The summed E-state index contributed by atoms with van der Waals surface area (Å²) >= 11 is 1.22. The van der Waals surface area contributed by atoms with Gasteiger partial charge < -0.3 is 11.1 Å². The highest BCUT2D eigenvalue weighted by Gasteiger charge is 2.38. The maximum atomic E-state index is 12.1. The van der Waals surface area contributed by atoms with Gasteiger partial charge in [0.05, 0.1) is 5.69 Å². The molecule has 1 aromatic carbocycles. The molecule has 3 N–H and O–H groups in total. The number of hydrogen-bond donors (Lipinski definition) is 2. The number of nitrogen functional groups attached to an aromatic ring is 1.